The molecule has 2 amide bonds. The molecular weight excluding hydrogens is 285 g/mol. The first-order chi connectivity index (χ1) is 10.6. The molecule has 0 unspecified atom stereocenters. The molecule has 2 heterocycles. The summed E-state index contributed by atoms with van der Waals surface area (Å²) in [7, 11) is 0. The number of piperidine rings is 1. The molecular formula is C16H20FN3O2. The molecule has 3 rings (SSSR count). The van der Waals surface area contributed by atoms with Gasteiger partial charge in [-0.3, -0.25) is 9.59 Å². The number of nitrogens with zero attached hydrogens (tertiary/aromatic N) is 2. The lowest BCUT2D eigenvalue weighted by Gasteiger charge is -2.29. The van der Waals surface area contributed by atoms with Crippen molar-refractivity contribution < 1.29 is 14.0 Å². The first-order valence-electron chi connectivity index (χ1n) is 7.70. The fourth-order valence-electron chi connectivity index (χ4n) is 3.20. The number of carbonyl (C=O) groups is 2. The summed E-state index contributed by atoms with van der Waals surface area (Å²) in [6, 6.07) is 4.85. The van der Waals surface area contributed by atoms with Crippen molar-refractivity contribution in [2.75, 3.05) is 29.4 Å². The van der Waals surface area contributed by atoms with E-state index in [1.807, 2.05) is 4.90 Å². The molecule has 2 N–H and O–H groups in total. The molecule has 1 aromatic carbocycles. The lowest BCUT2D eigenvalue weighted by Crippen LogP contribution is -2.31. The summed E-state index contributed by atoms with van der Waals surface area (Å²) >= 11 is 0. The minimum Gasteiger partial charge on any atom is -0.369 e. The van der Waals surface area contributed by atoms with Crippen LogP contribution in [0.5, 0.6) is 0 Å². The Labute approximate surface area is 128 Å². The van der Waals surface area contributed by atoms with E-state index in [1.54, 1.807) is 12.1 Å². The van der Waals surface area contributed by atoms with E-state index in [0.29, 0.717) is 11.4 Å². The van der Waals surface area contributed by atoms with Crippen molar-refractivity contribution >= 4 is 23.2 Å². The smallest absolute Gasteiger partial charge is 0.227 e. The van der Waals surface area contributed by atoms with E-state index in [2.05, 4.69) is 0 Å². The number of primary amides is 1. The average Bonchev–Trinajstić information content (AvgIpc) is 2.90. The Balaban J connectivity index is 1.80. The molecule has 2 aliphatic rings. The van der Waals surface area contributed by atoms with Gasteiger partial charge < -0.3 is 15.5 Å². The first-order valence-corrected chi connectivity index (χ1v) is 7.70. The summed E-state index contributed by atoms with van der Waals surface area (Å²) in [4.78, 5) is 26.7. The second-order valence-electron chi connectivity index (χ2n) is 5.99. The molecule has 0 bridgehead atoms. The predicted octanol–water partition coefficient (Wildman–Crippen LogP) is 1.65. The number of nitrogens with two attached hydrogens (primary N) is 1. The molecule has 118 valence electrons. The maximum Gasteiger partial charge on any atom is 0.227 e. The van der Waals surface area contributed by atoms with Crippen LogP contribution in [0.4, 0.5) is 15.8 Å². The average molecular weight is 305 g/mol. The van der Waals surface area contributed by atoms with Crippen molar-refractivity contribution in [3.05, 3.63) is 24.0 Å². The normalized spacial score (nSPS) is 22.2. The van der Waals surface area contributed by atoms with Gasteiger partial charge in [0.25, 0.3) is 0 Å². The highest BCUT2D eigenvalue weighted by molar-refractivity contribution is 6.00. The van der Waals surface area contributed by atoms with Gasteiger partial charge >= 0.3 is 0 Å². The summed E-state index contributed by atoms with van der Waals surface area (Å²) in [6.45, 7) is 1.96. The Kier molecular flexibility index (Phi) is 4.00. The zero-order chi connectivity index (χ0) is 15.7. The Morgan fingerprint density at radius 2 is 1.95 bits per heavy atom. The van der Waals surface area contributed by atoms with Crippen LogP contribution in [-0.4, -0.2) is 31.4 Å². The maximum atomic E-state index is 14.4. The van der Waals surface area contributed by atoms with E-state index in [9.17, 15) is 14.0 Å². The van der Waals surface area contributed by atoms with Crippen LogP contribution in [0.15, 0.2) is 18.2 Å². The summed E-state index contributed by atoms with van der Waals surface area (Å²) in [5.74, 6) is -1.48. The molecule has 22 heavy (non-hydrogen) atoms. The van der Waals surface area contributed by atoms with Crippen molar-refractivity contribution in [2.24, 2.45) is 11.7 Å². The minimum atomic E-state index is -0.489. The Bertz CT molecular complexity index is 599. The van der Waals surface area contributed by atoms with E-state index in [0.717, 1.165) is 25.9 Å². The Morgan fingerprint density at radius 3 is 2.55 bits per heavy atom. The molecule has 2 saturated heterocycles. The topological polar surface area (TPSA) is 66.6 Å². The number of amides is 2. The Morgan fingerprint density at radius 1 is 1.23 bits per heavy atom. The van der Waals surface area contributed by atoms with Gasteiger partial charge in [0, 0.05) is 31.7 Å². The standard InChI is InChI=1S/C16H20FN3O2/c17-13-9-12(20-10-11(16(18)22)8-15(20)21)4-5-14(13)19-6-2-1-3-7-19/h4-5,9,11H,1-3,6-8,10H2,(H2,18,22)/t11-/m1/s1. The lowest BCUT2D eigenvalue weighted by atomic mass is 10.1. The monoisotopic (exact) mass is 305 g/mol. The van der Waals surface area contributed by atoms with Crippen LogP contribution >= 0.6 is 0 Å². The third kappa shape index (κ3) is 2.77. The summed E-state index contributed by atoms with van der Waals surface area (Å²) < 4.78 is 14.4. The van der Waals surface area contributed by atoms with Crippen LogP contribution in [-0.2, 0) is 9.59 Å². The first kappa shape index (κ1) is 14.8. The third-order valence-electron chi connectivity index (χ3n) is 4.47. The molecule has 0 saturated carbocycles. The van der Waals surface area contributed by atoms with Gasteiger partial charge in [-0.1, -0.05) is 0 Å². The van der Waals surface area contributed by atoms with Crippen molar-refractivity contribution in [1.82, 2.24) is 0 Å². The highest BCUT2D eigenvalue weighted by Gasteiger charge is 2.34. The van der Waals surface area contributed by atoms with Crippen LogP contribution < -0.4 is 15.5 Å². The minimum absolute atomic E-state index is 0.102. The van der Waals surface area contributed by atoms with Crippen molar-refractivity contribution in [3.8, 4) is 0 Å². The highest BCUT2D eigenvalue weighted by atomic mass is 19.1. The van der Waals surface area contributed by atoms with Gasteiger partial charge in [-0.2, -0.15) is 0 Å². The number of halogens is 1. The SMILES string of the molecule is NC(=O)[C@@H]1CC(=O)N(c2ccc(N3CCCCC3)c(F)c2)C1. The molecule has 2 fully saturated rings. The molecule has 1 atom stereocenters. The molecule has 1 aromatic rings. The summed E-state index contributed by atoms with van der Waals surface area (Å²) in [5.41, 5.74) is 6.33. The Hall–Kier alpha value is -2.11. The van der Waals surface area contributed by atoms with Gasteiger partial charge in [0.1, 0.15) is 5.82 Å². The van der Waals surface area contributed by atoms with Gasteiger partial charge in [-0.15, -0.1) is 0 Å². The third-order valence-corrected chi connectivity index (χ3v) is 4.47. The maximum absolute atomic E-state index is 14.4. The number of benzene rings is 1. The van der Waals surface area contributed by atoms with E-state index >= 15 is 0 Å². The van der Waals surface area contributed by atoms with Gasteiger partial charge in [-0.25, -0.2) is 4.39 Å². The van der Waals surface area contributed by atoms with Crippen molar-refractivity contribution in [2.45, 2.75) is 25.7 Å². The molecule has 0 spiro atoms. The number of hydrogen-bond acceptors (Lipinski definition) is 3. The summed E-state index contributed by atoms with van der Waals surface area (Å²) in [6.07, 6.45) is 3.44. The van der Waals surface area contributed by atoms with Crippen LogP contribution in [0.25, 0.3) is 0 Å². The fraction of sp³-hybridized carbons (Fsp3) is 0.500. The van der Waals surface area contributed by atoms with E-state index in [-0.39, 0.29) is 24.7 Å². The number of anilines is 2. The predicted molar refractivity (Wildman–Crippen MR) is 82.1 cm³/mol. The highest BCUT2D eigenvalue weighted by Crippen LogP contribution is 2.30. The van der Waals surface area contributed by atoms with Gasteiger partial charge in [0.2, 0.25) is 11.8 Å². The fourth-order valence-corrected chi connectivity index (χ4v) is 3.20. The zero-order valence-electron chi connectivity index (χ0n) is 12.4. The number of rotatable bonds is 3. The van der Waals surface area contributed by atoms with Crippen LogP contribution in [0.2, 0.25) is 0 Å². The van der Waals surface area contributed by atoms with Gasteiger partial charge in [0.15, 0.2) is 0 Å². The quantitative estimate of drug-likeness (QED) is 0.923. The lowest BCUT2D eigenvalue weighted by molar-refractivity contribution is -0.123. The second kappa shape index (κ2) is 5.94. The van der Waals surface area contributed by atoms with E-state index in [4.69, 9.17) is 5.73 Å². The van der Waals surface area contributed by atoms with E-state index in [1.165, 1.54) is 17.4 Å². The molecule has 5 nitrogen and oxygen atoms in total. The van der Waals surface area contributed by atoms with E-state index < -0.39 is 11.8 Å². The number of carbonyl (C=O) groups excluding carboxylic acids is 2. The zero-order valence-corrected chi connectivity index (χ0v) is 12.4. The van der Waals surface area contributed by atoms with Crippen LogP contribution in [0, 0.1) is 11.7 Å². The summed E-state index contributed by atoms with van der Waals surface area (Å²) in [5, 5.41) is 0. The van der Waals surface area contributed by atoms with Crippen LogP contribution in [0.1, 0.15) is 25.7 Å². The van der Waals surface area contributed by atoms with Crippen LogP contribution in [0.3, 0.4) is 0 Å². The largest absolute Gasteiger partial charge is 0.369 e. The second-order valence-corrected chi connectivity index (χ2v) is 5.99. The molecule has 0 aromatic heterocycles. The van der Waals surface area contributed by atoms with Crippen molar-refractivity contribution in [3.63, 3.8) is 0 Å². The molecule has 0 aliphatic carbocycles. The van der Waals surface area contributed by atoms with Crippen molar-refractivity contribution in [1.29, 1.82) is 0 Å². The number of hydrogen-bond donors (Lipinski definition) is 1. The molecule has 6 heteroatoms. The molecule has 2 aliphatic heterocycles. The molecule has 0 radical (unpaired) electrons. The van der Waals surface area contributed by atoms with Gasteiger partial charge in [0.05, 0.1) is 11.6 Å². The van der Waals surface area contributed by atoms with Gasteiger partial charge in [-0.05, 0) is 37.5 Å².